The minimum absolute atomic E-state index is 0.0971. The van der Waals surface area contributed by atoms with Crippen LogP contribution in [0, 0.1) is 0 Å². The van der Waals surface area contributed by atoms with Crippen molar-refractivity contribution in [2.24, 2.45) is 0 Å². The molecule has 0 amide bonds. The van der Waals surface area contributed by atoms with Crippen molar-refractivity contribution in [3.63, 3.8) is 0 Å². The van der Waals surface area contributed by atoms with E-state index in [2.05, 4.69) is 23.0 Å². The Hall–Kier alpha value is -2.98. The lowest BCUT2D eigenvalue weighted by Crippen LogP contribution is -2.44. The topological polar surface area (TPSA) is 88.4 Å². The van der Waals surface area contributed by atoms with E-state index in [0.717, 1.165) is 76.5 Å². The van der Waals surface area contributed by atoms with E-state index in [0.29, 0.717) is 13.2 Å². The number of fused-ring (bicyclic) bond motifs is 1. The smallest absolute Gasteiger partial charge is 0.152 e. The number of pyridine rings is 2. The minimum atomic E-state index is -1.03. The van der Waals surface area contributed by atoms with Crippen molar-refractivity contribution in [2.75, 3.05) is 37.5 Å². The Bertz CT molecular complexity index is 1380. The molecule has 3 atom stereocenters. The van der Waals surface area contributed by atoms with Gasteiger partial charge in [0.05, 0.1) is 24.9 Å². The Morgan fingerprint density at radius 2 is 1.92 bits per heavy atom. The molecule has 0 spiro atoms. The lowest BCUT2D eigenvalue weighted by molar-refractivity contribution is -0.0383. The molecule has 9 heteroatoms. The predicted octanol–water partition coefficient (Wildman–Crippen LogP) is 4.82. The third-order valence-electron chi connectivity index (χ3n) is 7.21. The highest BCUT2D eigenvalue weighted by molar-refractivity contribution is 7.90. The predicted molar refractivity (Wildman–Crippen MR) is 145 cm³/mol. The molecule has 192 valence electrons. The summed E-state index contributed by atoms with van der Waals surface area (Å²) in [6.07, 6.45) is 8.38. The average Bonchev–Trinajstić information content (AvgIpc) is 3.43. The highest BCUT2D eigenvalue weighted by Crippen LogP contribution is 2.37. The molecule has 2 aliphatic rings. The Morgan fingerprint density at radius 3 is 2.68 bits per heavy atom. The van der Waals surface area contributed by atoms with Gasteiger partial charge in [-0.2, -0.15) is 5.10 Å². The van der Waals surface area contributed by atoms with Gasteiger partial charge in [0, 0.05) is 30.9 Å². The number of nitrogens with zero attached hydrogens (tertiary/aromatic N) is 5. The van der Waals surface area contributed by atoms with Crippen LogP contribution in [0.2, 0.25) is 0 Å². The quantitative estimate of drug-likeness (QED) is 0.351. The Kier molecular flexibility index (Phi) is 6.86. The van der Waals surface area contributed by atoms with Crippen molar-refractivity contribution in [1.82, 2.24) is 19.7 Å². The maximum absolute atomic E-state index is 12.0. The second-order valence-electron chi connectivity index (χ2n) is 9.66. The summed E-state index contributed by atoms with van der Waals surface area (Å²) < 4.78 is 25.7. The summed E-state index contributed by atoms with van der Waals surface area (Å²) in [5, 5.41) is 5.63. The van der Waals surface area contributed by atoms with E-state index in [1.165, 1.54) is 0 Å². The van der Waals surface area contributed by atoms with E-state index < -0.39 is 11.2 Å². The van der Waals surface area contributed by atoms with Crippen molar-refractivity contribution in [3.05, 3.63) is 54.9 Å². The molecule has 37 heavy (non-hydrogen) atoms. The van der Waals surface area contributed by atoms with Crippen LogP contribution in [0.5, 0.6) is 0 Å². The van der Waals surface area contributed by atoms with E-state index in [-0.39, 0.29) is 12.3 Å². The van der Waals surface area contributed by atoms with Gasteiger partial charge in [-0.1, -0.05) is 0 Å². The van der Waals surface area contributed by atoms with E-state index in [1.54, 1.807) is 6.26 Å². The fraction of sp³-hybridized carbons (Fsp3) is 0.393. The lowest BCUT2D eigenvalue weighted by Gasteiger charge is -2.34. The molecule has 3 unspecified atom stereocenters. The zero-order valence-electron chi connectivity index (χ0n) is 21.2. The van der Waals surface area contributed by atoms with E-state index >= 15 is 0 Å². The zero-order valence-corrected chi connectivity index (χ0v) is 22.0. The summed E-state index contributed by atoms with van der Waals surface area (Å²) >= 11 is -1.03. The Labute approximate surface area is 219 Å². The largest absolute Gasteiger partial charge is 0.612 e. The van der Waals surface area contributed by atoms with Gasteiger partial charge in [0.1, 0.15) is 23.3 Å². The van der Waals surface area contributed by atoms with Gasteiger partial charge < -0.3 is 18.9 Å². The van der Waals surface area contributed by atoms with Crippen molar-refractivity contribution < 1.29 is 14.0 Å². The molecular weight excluding hydrogens is 486 g/mol. The number of hydrogen-bond donors (Lipinski definition) is 0. The van der Waals surface area contributed by atoms with Gasteiger partial charge in [0.15, 0.2) is 11.1 Å². The van der Waals surface area contributed by atoms with Gasteiger partial charge in [-0.15, -0.1) is 0 Å². The maximum atomic E-state index is 12.0. The molecule has 0 N–H and O–H groups in total. The van der Waals surface area contributed by atoms with Gasteiger partial charge >= 0.3 is 0 Å². The second-order valence-corrected chi connectivity index (χ2v) is 11.0. The van der Waals surface area contributed by atoms with E-state index in [9.17, 15) is 4.55 Å². The first-order valence-electron chi connectivity index (χ1n) is 12.8. The van der Waals surface area contributed by atoms with E-state index in [1.807, 2.05) is 53.5 Å². The highest BCUT2D eigenvalue weighted by Gasteiger charge is 2.25. The lowest BCUT2D eigenvalue weighted by atomic mass is 10.00. The highest BCUT2D eigenvalue weighted by atomic mass is 32.2. The van der Waals surface area contributed by atoms with Crippen LogP contribution in [0.1, 0.15) is 32.4 Å². The number of aromatic nitrogens is 4. The molecule has 1 aromatic carbocycles. The number of rotatable bonds is 5. The summed E-state index contributed by atoms with van der Waals surface area (Å²) in [4.78, 5) is 13.1. The van der Waals surface area contributed by atoms with Crippen LogP contribution in [-0.2, 0) is 20.6 Å². The van der Waals surface area contributed by atoms with Gasteiger partial charge in [0.2, 0.25) is 0 Å². The number of benzene rings is 1. The SMILES string of the molecule is CC1COCCN1c1cc(-c2ccc([S+](C)[O-])cc2)c2ccnc(-c3ccnn3C3CCCCO3)c2n1. The first-order chi connectivity index (χ1) is 18.1. The molecule has 0 aliphatic carbocycles. The third kappa shape index (κ3) is 4.72. The fourth-order valence-corrected chi connectivity index (χ4v) is 5.77. The van der Waals surface area contributed by atoms with Crippen LogP contribution in [-0.4, -0.2) is 63.0 Å². The molecule has 2 fully saturated rings. The maximum Gasteiger partial charge on any atom is 0.152 e. The van der Waals surface area contributed by atoms with Crippen molar-refractivity contribution in [2.45, 2.75) is 43.4 Å². The van der Waals surface area contributed by atoms with Crippen LogP contribution in [0.4, 0.5) is 5.82 Å². The molecule has 0 radical (unpaired) electrons. The Morgan fingerprint density at radius 1 is 1.05 bits per heavy atom. The minimum Gasteiger partial charge on any atom is -0.612 e. The van der Waals surface area contributed by atoms with Gasteiger partial charge in [-0.05, 0) is 91.0 Å². The standard InChI is InChI=1S/C28H31N5O3S/c1-19-18-35-16-14-32(19)25-17-23(20-6-8-21(9-7-20)37(2)34)22-10-12-29-28(27(22)31-25)24-11-13-30-33(24)26-5-3-4-15-36-26/h6-13,17,19,26H,3-5,14-16,18H2,1-2H3. The van der Waals surface area contributed by atoms with Crippen LogP contribution < -0.4 is 4.90 Å². The van der Waals surface area contributed by atoms with Crippen LogP contribution in [0.15, 0.2) is 59.8 Å². The van der Waals surface area contributed by atoms with Crippen LogP contribution in [0.25, 0.3) is 33.4 Å². The summed E-state index contributed by atoms with van der Waals surface area (Å²) in [7, 11) is 0. The van der Waals surface area contributed by atoms with Crippen LogP contribution in [0.3, 0.4) is 0 Å². The van der Waals surface area contributed by atoms with Crippen molar-refractivity contribution >= 4 is 27.9 Å². The third-order valence-corrected chi connectivity index (χ3v) is 8.15. The molecule has 8 nitrogen and oxygen atoms in total. The average molecular weight is 518 g/mol. The van der Waals surface area contributed by atoms with E-state index in [4.69, 9.17) is 19.4 Å². The summed E-state index contributed by atoms with van der Waals surface area (Å²) in [6.45, 7) is 5.01. The number of morpholine rings is 1. The normalized spacial score (nSPS) is 21.3. The van der Waals surface area contributed by atoms with Crippen LogP contribution >= 0.6 is 0 Å². The summed E-state index contributed by atoms with van der Waals surface area (Å²) in [5.41, 5.74) is 4.63. The van der Waals surface area contributed by atoms with Gasteiger partial charge in [-0.25, -0.2) is 9.67 Å². The number of hydrogen-bond acceptors (Lipinski definition) is 7. The monoisotopic (exact) mass is 517 g/mol. The summed E-state index contributed by atoms with van der Waals surface area (Å²) in [6, 6.07) is 14.3. The van der Waals surface area contributed by atoms with Crippen molar-refractivity contribution in [3.8, 4) is 22.5 Å². The van der Waals surface area contributed by atoms with Crippen molar-refractivity contribution in [1.29, 1.82) is 0 Å². The molecule has 2 saturated heterocycles. The first-order valence-corrected chi connectivity index (χ1v) is 14.4. The summed E-state index contributed by atoms with van der Waals surface area (Å²) in [5.74, 6) is 0.899. The first kappa shape index (κ1) is 24.4. The number of anilines is 1. The van der Waals surface area contributed by atoms with Gasteiger partial charge in [-0.3, -0.25) is 4.98 Å². The number of ether oxygens (including phenoxy) is 2. The molecule has 3 aromatic heterocycles. The molecule has 6 rings (SSSR count). The fourth-order valence-electron chi connectivity index (χ4n) is 5.25. The Balaban J connectivity index is 1.54. The molecule has 4 aromatic rings. The van der Waals surface area contributed by atoms with Gasteiger partial charge in [0.25, 0.3) is 0 Å². The molecule has 5 heterocycles. The molecule has 0 bridgehead atoms. The molecule has 0 saturated carbocycles. The second kappa shape index (κ2) is 10.4. The zero-order chi connectivity index (χ0) is 25.4. The molecular formula is C28H31N5O3S. The molecule has 2 aliphatic heterocycles.